The van der Waals surface area contributed by atoms with Gasteiger partial charge >= 0.3 is 5.97 Å². The normalized spacial score (nSPS) is 22.1. The number of esters is 1. The van der Waals surface area contributed by atoms with Gasteiger partial charge in [0.2, 0.25) is 0 Å². The van der Waals surface area contributed by atoms with Crippen LogP contribution in [0, 0.1) is 11.7 Å². The summed E-state index contributed by atoms with van der Waals surface area (Å²) < 4.78 is 40.5. The second kappa shape index (κ2) is 5.07. The summed E-state index contributed by atoms with van der Waals surface area (Å²) >= 11 is 0. The zero-order valence-corrected chi connectivity index (χ0v) is 11.2. The van der Waals surface area contributed by atoms with Gasteiger partial charge in [-0.2, -0.15) is 0 Å². The van der Waals surface area contributed by atoms with Crippen LogP contribution in [0.2, 0.25) is 0 Å². The van der Waals surface area contributed by atoms with E-state index in [-0.39, 0.29) is 24.1 Å². The summed E-state index contributed by atoms with van der Waals surface area (Å²) in [5, 5.41) is 0. The van der Waals surface area contributed by atoms with E-state index >= 15 is 0 Å². The topological polar surface area (TPSA) is 86.5 Å². The van der Waals surface area contributed by atoms with Crippen LogP contribution in [0.15, 0.2) is 23.1 Å². The zero-order valence-electron chi connectivity index (χ0n) is 9.68. The lowest BCUT2D eigenvalue weighted by molar-refractivity contribution is 0.0479. The van der Waals surface area contributed by atoms with Gasteiger partial charge in [-0.15, -0.1) is 0 Å². The van der Waals surface area contributed by atoms with Gasteiger partial charge in [-0.1, -0.05) is 0 Å². The smallest absolute Gasteiger partial charge is 0.341 e. The van der Waals surface area contributed by atoms with Gasteiger partial charge in [-0.25, -0.2) is 17.6 Å². The fraction of sp³-hybridized carbons (Fsp3) is 0.364. The van der Waals surface area contributed by atoms with Crippen molar-refractivity contribution in [3.05, 3.63) is 29.6 Å². The second-order valence-electron chi connectivity index (χ2n) is 4.34. The quantitative estimate of drug-likeness (QED) is 0.668. The van der Waals surface area contributed by atoms with E-state index in [1.54, 1.807) is 0 Å². The van der Waals surface area contributed by atoms with Gasteiger partial charge < -0.3 is 10.5 Å². The number of nitrogens with two attached hydrogens (primary N) is 1. The van der Waals surface area contributed by atoms with Crippen molar-refractivity contribution < 1.29 is 22.3 Å². The lowest BCUT2D eigenvalue weighted by Crippen LogP contribution is -2.13. The average molecular weight is 308 g/mol. The molecule has 1 aliphatic rings. The molecule has 19 heavy (non-hydrogen) atoms. The predicted octanol–water partition coefficient (Wildman–Crippen LogP) is 1.26. The molecule has 2 rings (SSSR count). The van der Waals surface area contributed by atoms with E-state index in [9.17, 15) is 17.6 Å². The molecular weight excluding hydrogens is 297 g/mol. The van der Waals surface area contributed by atoms with Gasteiger partial charge in [0.1, 0.15) is 5.82 Å². The molecule has 0 spiro atoms. The van der Waals surface area contributed by atoms with Gasteiger partial charge in [-0.3, -0.25) is 0 Å². The molecule has 5 nitrogen and oxygen atoms in total. The van der Waals surface area contributed by atoms with Crippen molar-refractivity contribution >= 4 is 25.7 Å². The first kappa shape index (κ1) is 14.2. The number of halogens is 2. The number of ether oxygens (including phenoxy) is 1. The predicted molar refractivity (Wildman–Crippen MR) is 65.8 cm³/mol. The summed E-state index contributed by atoms with van der Waals surface area (Å²) in [4.78, 5) is 11.2. The average Bonchev–Trinajstić information content (AvgIpc) is 3.01. The van der Waals surface area contributed by atoms with Crippen LogP contribution in [-0.4, -0.2) is 27.0 Å². The molecule has 0 aromatic heterocycles. The highest BCUT2D eigenvalue weighted by atomic mass is 35.7. The number of hydrogen-bond acceptors (Lipinski definition) is 5. The van der Waals surface area contributed by atoms with Crippen molar-refractivity contribution in [3.8, 4) is 0 Å². The maximum Gasteiger partial charge on any atom is 0.341 e. The number of carbonyl (C=O) groups is 1. The lowest BCUT2D eigenvalue weighted by Gasteiger charge is -2.05. The Labute approximate surface area is 113 Å². The molecule has 1 aromatic carbocycles. The summed E-state index contributed by atoms with van der Waals surface area (Å²) in [6, 6.07) is 2.79. The van der Waals surface area contributed by atoms with Crippen LogP contribution in [0.25, 0.3) is 0 Å². The van der Waals surface area contributed by atoms with Crippen LogP contribution < -0.4 is 5.73 Å². The van der Waals surface area contributed by atoms with Crippen LogP contribution in [0.4, 0.5) is 4.39 Å². The highest BCUT2D eigenvalue weighted by Crippen LogP contribution is 2.28. The van der Waals surface area contributed by atoms with E-state index in [1.165, 1.54) is 0 Å². The molecule has 2 unspecified atom stereocenters. The second-order valence-corrected chi connectivity index (χ2v) is 6.90. The van der Waals surface area contributed by atoms with Gasteiger partial charge in [0, 0.05) is 22.6 Å². The molecular formula is C11H11ClFNO4S. The fourth-order valence-electron chi connectivity index (χ4n) is 1.54. The Morgan fingerprint density at radius 3 is 2.63 bits per heavy atom. The Kier molecular flexibility index (Phi) is 3.80. The summed E-state index contributed by atoms with van der Waals surface area (Å²) in [7, 11) is 1.04. The first-order valence-electron chi connectivity index (χ1n) is 5.46. The first-order chi connectivity index (χ1) is 8.79. The van der Waals surface area contributed by atoms with Crippen LogP contribution in [0.1, 0.15) is 16.8 Å². The molecule has 104 valence electrons. The summed E-state index contributed by atoms with van der Waals surface area (Å²) in [6.07, 6.45) is 0.777. The Bertz CT molecular complexity index is 619. The third-order valence-corrected chi connectivity index (χ3v) is 4.20. The van der Waals surface area contributed by atoms with Crippen molar-refractivity contribution in [3.63, 3.8) is 0 Å². The minimum Gasteiger partial charge on any atom is -0.462 e. The van der Waals surface area contributed by atoms with Crippen LogP contribution in [0.3, 0.4) is 0 Å². The summed E-state index contributed by atoms with van der Waals surface area (Å²) in [6.45, 7) is 0.134. The molecule has 8 heteroatoms. The fourth-order valence-corrected chi connectivity index (χ4v) is 2.30. The van der Waals surface area contributed by atoms with E-state index in [0.717, 1.165) is 18.6 Å². The highest BCUT2D eigenvalue weighted by Gasteiger charge is 2.34. The summed E-state index contributed by atoms with van der Waals surface area (Å²) in [5.41, 5.74) is 5.21. The molecule has 1 saturated carbocycles. The van der Waals surface area contributed by atoms with Crippen molar-refractivity contribution in [1.29, 1.82) is 0 Å². The molecule has 2 atom stereocenters. The van der Waals surface area contributed by atoms with Crippen molar-refractivity contribution in [2.75, 3.05) is 6.61 Å². The minimum absolute atomic E-state index is 0.0291. The van der Waals surface area contributed by atoms with E-state index < -0.39 is 25.7 Å². The highest BCUT2D eigenvalue weighted by molar-refractivity contribution is 8.13. The molecule has 1 fully saturated rings. The largest absolute Gasteiger partial charge is 0.462 e. The van der Waals surface area contributed by atoms with Gasteiger partial charge in [0.15, 0.2) is 0 Å². The molecule has 0 amide bonds. The Morgan fingerprint density at radius 1 is 1.53 bits per heavy atom. The molecule has 0 bridgehead atoms. The van der Waals surface area contributed by atoms with Crippen molar-refractivity contribution in [2.45, 2.75) is 17.4 Å². The first-order valence-corrected chi connectivity index (χ1v) is 7.77. The Morgan fingerprint density at radius 2 is 2.16 bits per heavy atom. The lowest BCUT2D eigenvalue weighted by atomic mass is 10.2. The van der Waals surface area contributed by atoms with E-state index in [0.29, 0.717) is 6.07 Å². The van der Waals surface area contributed by atoms with Crippen LogP contribution in [-0.2, 0) is 13.8 Å². The number of carbonyl (C=O) groups excluding carboxylic acids is 1. The van der Waals surface area contributed by atoms with Crippen molar-refractivity contribution in [2.24, 2.45) is 11.7 Å². The molecule has 1 aliphatic carbocycles. The van der Waals surface area contributed by atoms with Crippen LogP contribution in [0.5, 0.6) is 0 Å². The SMILES string of the molecule is NC1CC1COC(=O)c1ccc(S(=O)(=O)Cl)cc1F. The molecule has 2 N–H and O–H groups in total. The Balaban J connectivity index is 2.10. The third-order valence-electron chi connectivity index (χ3n) is 2.85. The van der Waals surface area contributed by atoms with Gasteiger partial charge in [0.25, 0.3) is 9.05 Å². The summed E-state index contributed by atoms with van der Waals surface area (Å²) in [5.74, 6) is -1.73. The number of rotatable bonds is 4. The van der Waals surface area contributed by atoms with E-state index in [4.69, 9.17) is 21.2 Å². The molecule has 0 aliphatic heterocycles. The maximum absolute atomic E-state index is 13.6. The number of hydrogen-bond donors (Lipinski definition) is 1. The van der Waals surface area contributed by atoms with E-state index in [1.807, 2.05) is 0 Å². The third kappa shape index (κ3) is 3.43. The minimum atomic E-state index is -4.03. The molecule has 0 saturated heterocycles. The van der Waals surface area contributed by atoms with Gasteiger partial charge in [0.05, 0.1) is 17.1 Å². The number of benzene rings is 1. The maximum atomic E-state index is 13.6. The van der Waals surface area contributed by atoms with Gasteiger partial charge in [-0.05, 0) is 24.6 Å². The zero-order chi connectivity index (χ0) is 14.2. The molecule has 1 aromatic rings. The monoisotopic (exact) mass is 307 g/mol. The Hall–Kier alpha value is -1.18. The molecule has 0 radical (unpaired) electrons. The van der Waals surface area contributed by atoms with E-state index in [2.05, 4.69) is 0 Å². The standard InChI is InChI=1S/C11H11ClFNO4S/c12-19(16,17)7-1-2-8(9(13)4-7)11(15)18-5-6-3-10(6)14/h1-2,4,6,10H,3,5,14H2. The van der Waals surface area contributed by atoms with Crippen molar-refractivity contribution in [1.82, 2.24) is 0 Å². The molecule has 0 heterocycles. The van der Waals surface area contributed by atoms with Crippen LogP contribution >= 0.6 is 10.7 Å².